The summed E-state index contributed by atoms with van der Waals surface area (Å²) in [6.45, 7) is 3.38. The van der Waals surface area contributed by atoms with Crippen molar-refractivity contribution in [2.24, 2.45) is 0 Å². The maximum absolute atomic E-state index is 11.8. The van der Waals surface area contributed by atoms with Crippen molar-refractivity contribution in [3.8, 4) is 0 Å². The molecular formula is C12H13N3O3. The average Bonchev–Trinajstić information content (AvgIpc) is 2.77. The zero-order valence-electron chi connectivity index (χ0n) is 10.1. The van der Waals surface area contributed by atoms with Crippen molar-refractivity contribution in [2.45, 2.75) is 13.8 Å². The standard InChI is InChI=1S/C12H13N3O3/c1-3-18-12(17)8-4-5-9-11(14-6-13-9)10(8)15-7(2)16/h4-6H,3H2,1-2H3,(H,13,14)(H,15,16). The zero-order valence-corrected chi connectivity index (χ0v) is 10.1. The summed E-state index contributed by atoms with van der Waals surface area (Å²) in [6, 6.07) is 3.32. The lowest BCUT2D eigenvalue weighted by atomic mass is 10.1. The normalized spacial score (nSPS) is 10.3. The number of aromatic nitrogens is 2. The van der Waals surface area contributed by atoms with Crippen LogP contribution in [0.4, 0.5) is 5.69 Å². The van der Waals surface area contributed by atoms with E-state index in [4.69, 9.17) is 4.74 Å². The third kappa shape index (κ3) is 2.17. The molecule has 2 aromatic rings. The van der Waals surface area contributed by atoms with Crippen LogP contribution in [0.1, 0.15) is 24.2 Å². The number of anilines is 1. The maximum atomic E-state index is 11.8. The Hall–Kier alpha value is -2.37. The van der Waals surface area contributed by atoms with Gasteiger partial charge in [-0.3, -0.25) is 4.79 Å². The first-order valence-corrected chi connectivity index (χ1v) is 5.54. The Bertz CT molecular complexity index is 604. The van der Waals surface area contributed by atoms with Crippen LogP contribution in [0.25, 0.3) is 11.0 Å². The molecule has 0 atom stereocenters. The van der Waals surface area contributed by atoms with Crippen LogP contribution in [0.5, 0.6) is 0 Å². The molecule has 0 spiro atoms. The highest BCUT2D eigenvalue weighted by Crippen LogP contribution is 2.25. The number of esters is 1. The van der Waals surface area contributed by atoms with Gasteiger partial charge in [0.15, 0.2) is 0 Å². The number of amides is 1. The van der Waals surface area contributed by atoms with Crippen LogP contribution in [0, 0.1) is 0 Å². The molecule has 0 aliphatic heterocycles. The predicted octanol–water partition coefficient (Wildman–Crippen LogP) is 1.70. The number of ether oxygens (including phenoxy) is 1. The lowest BCUT2D eigenvalue weighted by Crippen LogP contribution is -2.13. The highest BCUT2D eigenvalue weighted by Gasteiger charge is 2.17. The lowest BCUT2D eigenvalue weighted by Gasteiger charge is -2.09. The zero-order chi connectivity index (χ0) is 13.1. The van der Waals surface area contributed by atoms with E-state index in [0.717, 1.165) is 5.52 Å². The molecule has 1 heterocycles. The van der Waals surface area contributed by atoms with Crippen molar-refractivity contribution >= 4 is 28.6 Å². The maximum Gasteiger partial charge on any atom is 0.340 e. The van der Waals surface area contributed by atoms with Gasteiger partial charge in [0.2, 0.25) is 5.91 Å². The molecule has 1 aromatic heterocycles. The number of rotatable bonds is 3. The molecule has 0 aliphatic carbocycles. The Morgan fingerprint density at radius 2 is 2.22 bits per heavy atom. The van der Waals surface area contributed by atoms with E-state index in [2.05, 4.69) is 15.3 Å². The summed E-state index contributed by atoms with van der Waals surface area (Å²) in [7, 11) is 0. The first-order chi connectivity index (χ1) is 8.63. The van der Waals surface area contributed by atoms with Gasteiger partial charge in [0, 0.05) is 6.92 Å². The van der Waals surface area contributed by atoms with Gasteiger partial charge in [-0.1, -0.05) is 0 Å². The Labute approximate surface area is 103 Å². The molecule has 6 nitrogen and oxygen atoms in total. The molecule has 6 heteroatoms. The Morgan fingerprint density at radius 3 is 2.89 bits per heavy atom. The SMILES string of the molecule is CCOC(=O)c1ccc2[nH]cnc2c1NC(C)=O. The summed E-state index contributed by atoms with van der Waals surface area (Å²) in [5.41, 5.74) is 1.95. The first-order valence-electron chi connectivity index (χ1n) is 5.54. The van der Waals surface area contributed by atoms with Crippen LogP contribution in [-0.4, -0.2) is 28.5 Å². The number of imidazole rings is 1. The Balaban J connectivity index is 2.56. The second-order valence-corrected chi connectivity index (χ2v) is 3.69. The molecule has 0 unspecified atom stereocenters. The molecule has 2 rings (SSSR count). The summed E-state index contributed by atoms with van der Waals surface area (Å²) in [5, 5.41) is 2.62. The van der Waals surface area contributed by atoms with E-state index >= 15 is 0 Å². The summed E-state index contributed by atoms with van der Waals surface area (Å²) in [6.07, 6.45) is 1.50. The van der Waals surface area contributed by atoms with Gasteiger partial charge in [-0.15, -0.1) is 0 Å². The van der Waals surface area contributed by atoms with Gasteiger partial charge in [-0.25, -0.2) is 9.78 Å². The Kier molecular flexibility index (Phi) is 3.27. The van der Waals surface area contributed by atoms with Crippen molar-refractivity contribution < 1.29 is 14.3 Å². The van der Waals surface area contributed by atoms with Crippen molar-refractivity contribution in [1.29, 1.82) is 0 Å². The molecule has 1 aromatic carbocycles. The molecule has 0 fully saturated rings. The number of benzene rings is 1. The second kappa shape index (κ2) is 4.87. The fourth-order valence-corrected chi connectivity index (χ4v) is 1.69. The number of hydrogen-bond donors (Lipinski definition) is 2. The minimum absolute atomic E-state index is 0.268. The van der Waals surface area contributed by atoms with Crippen LogP contribution in [-0.2, 0) is 9.53 Å². The van der Waals surface area contributed by atoms with Gasteiger partial charge in [0.1, 0.15) is 5.52 Å². The van der Waals surface area contributed by atoms with Crippen molar-refractivity contribution in [3.05, 3.63) is 24.0 Å². The molecule has 0 saturated heterocycles. The number of carbonyl (C=O) groups is 2. The second-order valence-electron chi connectivity index (χ2n) is 3.69. The number of fused-ring (bicyclic) bond motifs is 1. The third-order valence-corrected chi connectivity index (χ3v) is 2.39. The van der Waals surface area contributed by atoms with E-state index in [-0.39, 0.29) is 12.5 Å². The average molecular weight is 247 g/mol. The summed E-state index contributed by atoms with van der Waals surface area (Å²) in [5.74, 6) is -0.748. The number of nitrogens with one attached hydrogen (secondary N) is 2. The molecule has 94 valence electrons. The van der Waals surface area contributed by atoms with Gasteiger partial charge >= 0.3 is 5.97 Å². The summed E-state index contributed by atoms with van der Waals surface area (Å²) in [4.78, 5) is 30.0. The fourth-order valence-electron chi connectivity index (χ4n) is 1.69. The molecule has 0 aliphatic rings. The van der Waals surface area contributed by atoms with Gasteiger partial charge in [0.25, 0.3) is 0 Å². The van der Waals surface area contributed by atoms with Crippen LogP contribution in [0.15, 0.2) is 18.5 Å². The van der Waals surface area contributed by atoms with E-state index in [9.17, 15) is 9.59 Å². The molecule has 0 saturated carbocycles. The van der Waals surface area contributed by atoms with Crippen LogP contribution in [0.3, 0.4) is 0 Å². The molecule has 0 bridgehead atoms. The largest absolute Gasteiger partial charge is 0.462 e. The molecular weight excluding hydrogens is 234 g/mol. The van der Waals surface area contributed by atoms with E-state index in [1.54, 1.807) is 19.1 Å². The van der Waals surface area contributed by atoms with Crippen molar-refractivity contribution in [3.63, 3.8) is 0 Å². The number of nitrogens with zero attached hydrogens (tertiary/aromatic N) is 1. The number of H-pyrrole nitrogens is 1. The van der Waals surface area contributed by atoms with Crippen LogP contribution < -0.4 is 5.32 Å². The summed E-state index contributed by atoms with van der Waals surface area (Å²) >= 11 is 0. The topological polar surface area (TPSA) is 84.1 Å². The predicted molar refractivity (Wildman–Crippen MR) is 66.4 cm³/mol. The van der Waals surface area contributed by atoms with Crippen molar-refractivity contribution in [2.75, 3.05) is 11.9 Å². The fraction of sp³-hybridized carbons (Fsp3) is 0.250. The highest BCUT2D eigenvalue weighted by atomic mass is 16.5. The molecule has 1 amide bonds. The molecule has 2 N–H and O–H groups in total. The first kappa shape index (κ1) is 12.1. The molecule has 18 heavy (non-hydrogen) atoms. The smallest absolute Gasteiger partial charge is 0.340 e. The van der Waals surface area contributed by atoms with Gasteiger partial charge in [0.05, 0.1) is 29.7 Å². The molecule has 0 radical (unpaired) electrons. The lowest BCUT2D eigenvalue weighted by molar-refractivity contribution is -0.114. The number of hydrogen-bond acceptors (Lipinski definition) is 4. The van der Waals surface area contributed by atoms with E-state index < -0.39 is 5.97 Å². The van der Waals surface area contributed by atoms with Crippen LogP contribution in [0.2, 0.25) is 0 Å². The summed E-state index contributed by atoms with van der Waals surface area (Å²) < 4.78 is 4.95. The highest BCUT2D eigenvalue weighted by molar-refractivity contribution is 6.08. The monoisotopic (exact) mass is 247 g/mol. The van der Waals surface area contributed by atoms with Gasteiger partial charge in [-0.05, 0) is 19.1 Å². The quantitative estimate of drug-likeness (QED) is 0.808. The number of carbonyl (C=O) groups excluding carboxylic acids is 2. The van der Waals surface area contributed by atoms with Crippen molar-refractivity contribution in [1.82, 2.24) is 9.97 Å². The van der Waals surface area contributed by atoms with Crippen LogP contribution >= 0.6 is 0 Å². The Morgan fingerprint density at radius 1 is 1.44 bits per heavy atom. The van der Waals surface area contributed by atoms with Gasteiger partial charge < -0.3 is 15.0 Å². The van der Waals surface area contributed by atoms with E-state index in [1.165, 1.54) is 13.3 Å². The third-order valence-electron chi connectivity index (χ3n) is 2.39. The number of aromatic amines is 1. The van der Waals surface area contributed by atoms with Gasteiger partial charge in [-0.2, -0.15) is 0 Å². The minimum atomic E-state index is -0.480. The van der Waals surface area contributed by atoms with E-state index in [1.807, 2.05) is 0 Å². The minimum Gasteiger partial charge on any atom is -0.462 e. The van der Waals surface area contributed by atoms with E-state index in [0.29, 0.717) is 16.8 Å².